The van der Waals surface area contributed by atoms with Gasteiger partial charge in [0.25, 0.3) is 0 Å². The maximum absolute atomic E-state index is 10.4. The van der Waals surface area contributed by atoms with Gasteiger partial charge in [-0.2, -0.15) is 0 Å². The summed E-state index contributed by atoms with van der Waals surface area (Å²) >= 11 is 5.94. The van der Waals surface area contributed by atoms with Crippen LogP contribution in [0, 0.1) is 0 Å². The number of carboxylic acids is 1. The molecule has 0 unspecified atom stereocenters. The lowest BCUT2D eigenvalue weighted by Crippen LogP contribution is -2.09. The Kier molecular flexibility index (Phi) is 3.50. The Hall–Kier alpha value is -2.53. The van der Waals surface area contributed by atoms with Crippen LogP contribution in [0.1, 0.15) is 0 Å². The molecule has 1 aromatic heterocycles. The molecule has 0 aliphatic rings. The Bertz CT molecular complexity index is 796. The maximum Gasteiger partial charge on any atom is 0.341 e. The van der Waals surface area contributed by atoms with Gasteiger partial charge in [-0.1, -0.05) is 11.6 Å². The van der Waals surface area contributed by atoms with Crippen molar-refractivity contribution in [2.75, 3.05) is 6.61 Å². The van der Waals surface area contributed by atoms with Crippen molar-refractivity contribution in [3.05, 3.63) is 47.5 Å². The summed E-state index contributed by atoms with van der Waals surface area (Å²) in [6, 6.07) is 12.5. The second kappa shape index (κ2) is 5.46. The molecule has 0 fully saturated rings. The predicted molar refractivity (Wildman–Crippen MR) is 79.7 cm³/mol. The number of benzene rings is 2. The third-order valence-corrected chi connectivity index (χ3v) is 3.17. The molecule has 0 aliphatic heterocycles. The topological polar surface area (TPSA) is 75.2 Å². The average molecular weight is 303 g/mol. The zero-order valence-corrected chi connectivity index (χ0v) is 11.6. The molecule has 21 heavy (non-hydrogen) atoms. The van der Waals surface area contributed by atoms with E-state index in [9.17, 15) is 4.79 Å². The summed E-state index contributed by atoms with van der Waals surface area (Å²) in [6.07, 6.45) is 0. The number of aromatic nitrogens is 2. The third-order valence-electron chi connectivity index (χ3n) is 2.93. The number of aliphatic carboxylic acids is 1. The molecule has 3 rings (SSSR count). The highest BCUT2D eigenvalue weighted by Crippen LogP contribution is 2.24. The quantitative estimate of drug-likeness (QED) is 0.775. The lowest BCUT2D eigenvalue weighted by molar-refractivity contribution is -0.139. The molecule has 0 saturated heterocycles. The Morgan fingerprint density at radius 2 is 2.00 bits per heavy atom. The number of hydrogen-bond donors (Lipinski definition) is 2. The highest BCUT2D eigenvalue weighted by molar-refractivity contribution is 6.31. The van der Waals surface area contributed by atoms with Gasteiger partial charge in [-0.3, -0.25) is 0 Å². The minimum Gasteiger partial charge on any atom is -0.482 e. The van der Waals surface area contributed by atoms with Crippen molar-refractivity contribution in [2.45, 2.75) is 0 Å². The molecule has 6 heteroatoms. The smallest absolute Gasteiger partial charge is 0.341 e. The van der Waals surface area contributed by atoms with Crippen LogP contribution < -0.4 is 4.74 Å². The SMILES string of the molecule is O=C(O)COc1ccc(-c2nc3ccc(Cl)cc3[nH]2)cc1. The van der Waals surface area contributed by atoms with E-state index in [-0.39, 0.29) is 6.61 Å². The van der Waals surface area contributed by atoms with Crippen molar-refractivity contribution in [2.24, 2.45) is 0 Å². The average Bonchev–Trinajstić information content (AvgIpc) is 2.88. The summed E-state index contributed by atoms with van der Waals surface area (Å²) < 4.78 is 5.09. The number of imidazole rings is 1. The molecule has 0 aliphatic carbocycles. The Morgan fingerprint density at radius 1 is 1.24 bits per heavy atom. The first-order chi connectivity index (χ1) is 10.1. The largest absolute Gasteiger partial charge is 0.482 e. The van der Waals surface area contributed by atoms with E-state index in [1.165, 1.54) is 0 Å². The molecule has 0 spiro atoms. The number of nitrogens with zero attached hydrogens (tertiary/aromatic N) is 1. The summed E-state index contributed by atoms with van der Waals surface area (Å²) in [7, 11) is 0. The molecular weight excluding hydrogens is 292 g/mol. The summed E-state index contributed by atoms with van der Waals surface area (Å²) in [4.78, 5) is 18.1. The van der Waals surface area contributed by atoms with Crippen molar-refractivity contribution in [3.8, 4) is 17.1 Å². The van der Waals surface area contributed by atoms with Crippen molar-refractivity contribution in [1.29, 1.82) is 0 Å². The number of ether oxygens (including phenoxy) is 1. The van der Waals surface area contributed by atoms with Gasteiger partial charge in [0, 0.05) is 10.6 Å². The molecule has 3 aromatic rings. The van der Waals surface area contributed by atoms with E-state index in [1.54, 1.807) is 18.2 Å². The summed E-state index contributed by atoms with van der Waals surface area (Å²) in [5.41, 5.74) is 2.58. The molecule has 5 nitrogen and oxygen atoms in total. The van der Waals surface area contributed by atoms with Crippen molar-refractivity contribution in [3.63, 3.8) is 0 Å². The van der Waals surface area contributed by atoms with Gasteiger partial charge >= 0.3 is 5.97 Å². The van der Waals surface area contributed by atoms with E-state index < -0.39 is 5.97 Å². The van der Waals surface area contributed by atoms with Crippen LogP contribution in [0.4, 0.5) is 0 Å². The number of hydrogen-bond acceptors (Lipinski definition) is 3. The monoisotopic (exact) mass is 302 g/mol. The van der Waals surface area contributed by atoms with Gasteiger partial charge < -0.3 is 14.8 Å². The maximum atomic E-state index is 10.4. The van der Waals surface area contributed by atoms with Gasteiger partial charge in [-0.15, -0.1) is 0 Å². The number of carbonyl (C=O) groups is 1. The van der Waals surface area contributed by atoms with Crippen LogP contribution in [-0.4, -0.2) is 27.7 Å². The van der Waals surface area contributed by atoms with Gasteiger partial charge in [0.05, 0.1) is 11.0 Å². The van der Waals surface area contributed by atoms with Gasteiger partial charge in [-0.25, -0.2) is 9.78 Å². The third kappa shape index (κ3) is 2.98. The number of halogens is 1. The molecule has 2 aromatic carbocycles. The lowest BCUT2D eigenvalue weighted by atomic mass is 10.2. The molecule has 0 saturated carbocycles. The highest BCUT2D eigenvalue weighted by Gasteiger charge is 2.06. The summed E-state index contributed by atoms with van der Waals surface area (Å²) in [5, 5.41) is 9.21. The number of nitrogens with one attached hydrogen (secondary N) is 1. The van der Waals surface area contributed by atoms with Gasteiger partial charge in [0.1, 0.15) is 11.6 Å². The number of carboxylic acid groups (broad SMARTS) is 1. The van der Waals surface area contributed by atoms with Crippen LogP contribution >= 0.6 is 11.6 Å². The van der Waals surface area contributed by atoms with Crippen LogP contribution in [-0.2, 0) is 4.79 Å². The van der Waals surface area contributed by atoms with E-state index in [4.69, 9.17) is 21.4 Å². The molecule has 0 radical (unpaired) electrons. The Morgan fingerprint density at radius 3 is 2.71 bits per heavy atom. The number of H-pyrrole nitrogens is 1. The fraction of sp³-hybridized carbons (Fsp3) is 0.0667. The molecule has 2 N–H and O–H groups in total. The fourth-order valence-corrected chi connectivity index (χ4v) is 2.14. The first-order valence-electron chi connectivity index (χ1n) is 6.22. The highest BCUT2D eigenvalue weighted by atomic mass is 35.5. The molecule has 1 heterocycles. The van der Waals surface area contributed by atoms with Crippen LogP contribution in [0.15, 0.2) is 42.5 Å². The minimum atomic E-state index is -1.01. The Balaban J connectivity index is 1.86. The molecular formula is C15H11ClN2O3. The zero-order valence-electron chi connectivity index (χ0n) is 10.8. The zero-order chi connectivity index (χ0) is 14.8. The number of fused-ring (bicyclic) bond motifs is 1. The predicted octanol–water partition coefficient (Wildman–Crippen LogP) is 3.35. The summed E-state index contributed by atoms with van der Waals surface area (Å²) in [6.45, 7) is -0.359. The van der Waals surface area contributed by atoms with E-state index >= 15 is 0 Å². The number of aromatic amines is 1. The van der Waals surface area contributed by atoms with Crippen LogP contribution in [0.2, 0.25) is 5.02 Å². The number of rotatable bonds is 4. The van der Waals surface area contributed by atoms with E-state index in [2.05, 4.69) is 9.97 Å². The van der Waals surface area contributed by atoms with Crippen molar-refractivity contribution < 1.29 is 14.6 Å². The lowest BCUT2D eigenvalue weighted by Gasteiger charge is -2.03. The van der Waals surface area contributed by atoms with E-state index in [1.807, 2.05) is 24.3 Å². The standard InChI is InChI=1S/C15H11ClN2O3/c16-10-3-6-12-13(7-10)18-15(17-12)9-1-4-11(5-2-9)21-8-14(19)20/h1-7H,8H2,(H,17,18)(H,19,20). The molecule has 0 bridgehead atoms. The Labute approximate surface area is 125 Å². The van der Waals surface area contributed by atoms with Crippen LogP contribution in [0.3, 0.4) is 0 Å². The van der Waals surface area contributed by atoms with Crippen LogP contribution in [0.25, 0.3) is 22.4 Å². The first kappa shape index (κ1) is 13.5. The van der Waals surface area contributed by atoms with Gasteiger partial charge in [-0.05, 0) is 42.5 Å². The minimum absolute atomic E-state index is 0.359. The fourth-order valence-electron chi connectivity index (χ4n) is 1.97. The van der Waals surface area contributed by atoms with E-state index in [0.717, 1.165) is 22.4 Å². The second-order valence-corrected chi connectivity index (χ2v) is 4.89. The molecule has 106 valence electrons. The first-order valence-corrected chi connectivity index (χ1v) is 6.60. The second-order valence-electron chi connectivity index (χ2n) is 4.45. The van der Waals surface area contributed by atoms with Crippen molar-refractivity contribution >= 4 is 28.6 Å². The van der Waals surface area contributed by atoms with Crippen molar-refractivity contribution in [1.82, 2.24) is 9.97 Å². The van der Waals surface area contributed by atoms with Gasteiger partial charge in [0.2, 0.25) is 0 Å². The normalized spacial score (nSPS) is 10.7. The van der Waals surface area contributed by atoms with Gasteiger partial charge in [0.15, 0.2) is 6.61 Å². The summed E-state index contributed by atoms with van der Waals surface area (Å²) in [5.74, 6) is 0.214. The van der Waals surface area contributed by atoms with E-state index in [0.29, 0.717) is 10.8 Å². The molecule has 0 atom stereocenters. The van der Waals surface area contributed by atoms with Crippen LogP contribution in [0.5, 0.6) is 5.75 Å². The molecule has 0 amide bonds.